The SMILES string of the molecule is CCC(NS(=O)(=O)c1ccc(C)cc1)C(=O)Nc1cc(O)c(NC(=O)c2ccccc2)cc1Cl. The van der Waals surface area contributed by atoms with E-state index in [1.807, 2.05) is 6.92 Å². The number of aryl methyl sites for hydroxylation is 1. The molecule has 0 aromatic heterocycles. The van der Waals surface area contributed by atoms with Gasteiger partial charge in [0.1, 0.15) is 11.8 Å². The number of rotatable bonds is 8. The minimum atomic E-state index is -3.93. The van der Waals surface area contributed by atoms with E-state index in [0.717, 1.165) is 5.56 Å². The van der Waals surface area contributed by atoms with E-state index in [9.17, 15) is 23.1 Å². The smallest absolute Gasteiger partial charge is 0.255 e. The van der Waals surface area contributed by atoms with Crippen LogP contribution >= 0.6 is 11.6 Å². The zero-order chi connectivity index (χ0) is 24.9. The number of phenolic OH excluding ortho intramolecular Hbond substituents is 1. The van der Waals surface area contributed by atoms with Crippen LogP contribution in [0.3, 0.4) is 0 Å². The van der Waals surface area contributed by atoms with E-state index in [2.05, 4.69) is 15.4 Å². The second-order valence-electron chi connectivity index (χ2n) is 7.55. The summed E-state index contributed by atoms with van der Waals surface area (Å²) in [7, 11) is -3.93. The molecule has 4 N–H and O–H groups in total. The Morgan fingerprint density at radius 2 is 1.62 bits per heavy atom. The van der Waals surface area contributed by atoms with E-state index in [4.69, 9.17) is 11.6 Å². The third kappa shape index (κ3) is 6.13. The van der Waals surface area contributed by atoms with Crippen LogP contribution in [0.25, 0.3) is 0 Å². The summed E-state index contributed by atoms with van der Waals surface area (Å²) in [6.45, 7) is 3.49. The number of aromatic hydroxyl groups is 1. The number of amides is 2. The molecule has 0 aliphatic carbocycles. The lowest BCUT2D eigenvalue weighted by Crippen LogP contribution is -2.43. The molecule has 1 atom stereocenters. The highest BCUT2D eigenvalue weighted by Gasteiger charge is 2.25. The lowest BCUT2D eigenvalue weighted by atomic mass is 10.2. The number of halogens is 1. The van der Waals surface area contributed by atoms with Gasteiger partial charge in [0.25, 0.3) is 5.91 Å². The molecule has 0 aliphatic rings. The maximum atomic E-state index is 12.8. The number of nitrogens with one attached hydrogen (secondary N) is 3. The van der Waals surface area contributed by atoms with Gasteiger partial charge in [-0.1, -0.05) is 54.4 Å². The number of benzene rings is 3. The molecule has 0 bridgehead atoms. The summed E-state index contributed by atoms with van der Waals surface area (Å²) in [5.74, 6) is -1.42. The summed E-state index contributed by atoms with van der Waals surface area (Å²) in [5.41, 5.74) is 1.42. The van der Waals surface area contributed by atoms with Crippen LogP contribution in [0.5, 0.6) is 5.75 Å². The van der Waals surface area contributed by atoms with Gasteiger partial charge < -0.3 is 15.7 Å². The average Bonchev–Trinajstić information content (AvgIpc) is 2.81. The predicted octanol–water partition coefficient (Wildman–Crippen LogP) is 4.30. The number of carbonyl (C=O) groups is 2. The standard InChI is InChI=1S/C24H24ClN3O5S/c1-3-19(28-34(32,33)17-11-9-15(2)10-12-17)24(31)26-20-14-22(29)21(13-18(20)25)27-23(30)16-7-5-4-6-8-16/h4-14,19,28-29H,3H2,1-2H3,(H,26,31)(H,27,30). The highest BCUT2D eigenvalue weighted by Crippen LogP contribution is 2.34. The summed E-state index contributed by atoms with van der Waals surface area (Å²) in [4.78, 5) is 25.1. The van der Waals surface area contributed by atoms with E-state index in [1.54, 1.807) is 49.4 Å². The Hall–Kier alpha value is -3.40. The monoisotopic (exact) mass is 501 g/mol. The van der Waals surface area contributed by atoms with Crippen molar-refractivity contribution < 1.29 is 23.1 Å². The van der Waals surface area contributed by atoms with Crippen LogP contribution in [0, 0.1) is 6.92 Å². The molecule has 178 valence electrons. The Morgan fingerprint density at radius 3 is 2.24 bits per heavy atom. The maximum absolute atomic E-state index is 12.8. The van der Waals surface area contributed by atoms with Crippen molar-refractivity contribution >= 4 is 44.8 Å². The normalized spacial score (nSPS) is 12.1. The maximum Gasteiger partial charge on any atom is 0.255 e. The van der Waals surface area contributed by atoms with Crippen LogP contribution in [0.4, 0.5) is 11.4 Å². The first kappa shape index (κ1) is 25.2. The molecule has 0 radical (unpaired) electrons. The first-order valence-corrected chi connectivity index (χ1v) is 12.3. The van der Waals surface area contributed by atoms with Crippen molar-refractivity contribution in [1.82, 2.24) is 4.72 Å². The Kier molecular flexibility index (Phi) is 7.93. The molecule has 2 amide bonds. The Labute approximate surface area is 203 Å². The van der Waals surface area contributed by atoms with Gasteiger partial charge in [0, 0.05) is 11.6 Å². The van der Waals surface area contributed by atoms with Crippen LogP contribution in [0.15, 0.2) is 71.6 Å². The van der Waals surface area contributed by atoms with Crippen molar-refractivity contribution in [2.75, 3.05) is 10.6 Å². The number of hydrogen-bond donors (Lipinski definition) is 4. The summed E-state index contributed by atoms with van der Waals surface area (Å²) >= 11 is 6.25. The fourth-order valence-corrected chi connectivity index (χ4v) is 4.55. The molecule has 0 fully saturated rings. The van der Waals surface area contributed by atoms with Gasteiger partial charge >= 0.3 is 0 Å². The van der Waals surface area contributed by atoms with E-state index >= 15 is 0 Å². The minimum absolute atomic E-state index is 0.0403. The fraction of sp³-hybridized carbons (Fsp3) is 0.167. The largest absolute Gasteiger partial charge is 0.506 e. The van der Waals surface area contributed by atoms with Crippen LogP contribution in [0.2, 0.25) is 5.02 Å². The molecule has 0 aliphatic heterocycles. The molecule has 10 heteroatoms. The molecule has 0 heterocycles. The topological polar surface area (TPSA) is 125 Å². The summed E-state index contributed by atoms with van der Waals surface area (Å²) in [5, 5.41) is 15.5. The highest BCUT2D eigenvalue weighted by atomic mass is 35.5. The van der Waals surface area contributed by atoms with Crippen LogP contribution < -0.4 is 15.4 Å². The van der Waals surface area contributed by atoms with Crippen LogP contribution in [0.1, 0.15) is 29.3 Å². The number of carbonyl (C=O) groups excluding carboxylic acids is 2. The summed E-state index contributed by atoms with van der Waals surface area (Å²) < 4.78 is 27.7. The van der Waals surface area contributed by atoms with Gasteiger partial charge in [-0.05, 0) is 43.7 Å². The molecular formula is C24H24ClN3O5S. The van der Waals surface area contributed by atoms with Gasteiger partial charge in [-0.15, -0.1) is 0 Å². The van der Waals surface area contributed by atoms with E-state index < -0.39 is 27.9 Å². The Bertz CT molecular complexity index is 1300. The summed E-state index contributed by atoms with van der Waals surface area (Å²) in [6.07, 6.45) is 0.172. The second kappa shape index (κ2) is 10.7. The van der Waals surface area contributed by atoms with Crippen molar-refractivity contribution in [1.29, 1.82) is 0 Å². The van der Waals surface area contributed by atoms with Gasteiger partial charge in [-0.3, -0.25) is 9.59 Å². The van der Waals surface area contributed by atoms with Gasteiger partial charge in [-0.2, -0.15) is 4.72 Å². The van der Waals surface area contributed by atoms with Crippen LogP contribution in [-0.2, 0) is 14.8 Å². The molecule has 3 aromatic carbocycles. The minimum Gasteiger partial charge on any atom is -0.506 e. The molecule has 8 nitrogen and oxygen atoms in total. The van der Waals surface area contributed by atoms with E-state index in [-0.39, 0.29) is 33.5 Å². The van der Waals surface area contributed by atoms with Crippen molar-refractivity contribution in [2.45, 2.75) is 31.2 Å². The van der Waals surface area contributed by atoms with Crippen molar-refractivity contribution in [3.8, 4) is 5.75 Å². The number of anilines is 2. The zero-order valence-corrected chi connectivity index (χ0v) is 20.1. The number of sulfonamides is 1. The number of phenols is 1. The predicted molar refractivity (Wildman–Crippen MR) is 132 cm³/mol. The highest BCUT2D eigenvalue weighted by molar-refractivity contribution is 7.89. The third-order valence-corrected chi connectivity index (χ3v) is 6.78. The Morgan fingerprint density at radius 1 is 0.971 bits per heavy atom. The van der Waals surface area contributed by atoms with Crippen molar-refractivity contribution in [2.24, 2.45) is 0 Å². The van der Waals surface area contributed by atoms with Gasteiger partial charge in [0.2, 0.25) is 15.9 Å². The first-order valence-electron chi connectivity index (χ1n) is 10.4. The number of hydrogen-bond acceptors (Lipinski definition) is 5. The quantitative estimate of drug-likeness (QED) is 0.342. The first-order chi connectivity index (χ1) is 16.1. The molecule has 1 unspecified atom stereocenters. The Balaban J connectivity index is 1.73. The average molecular weight is 502 g/mol. The molecule has 3 aromatic rings. The lowest BCUT2D eigenvalue weighted by molar-refractivity contribution is -0.117. The molecular weight excluding hydrogens is 478 g/mol. The molecule has 3 rings (SSSR count). The van der Waals surface area contributed by atoms with E-state index in [1.165, 1.54) is 24.3 Å². The molecule has 0 saturated carbocycles. The fourth-order valence-electron chi connectivity index (χ4n) is 3.06. The van der Waals surface area contributed by atoms with Crippen LogP contribution in [-0.4, -0.2) is 31.4 Å². The third-order valence-electron chi connectivity index (χ3n) is 4.98. The van der Waals surface area contributed by atoms with Gasteiger partial charge in [0.15, 0.2) is 0 Å². The molecule has 0 spiro atoms. The van der Waals surface area contributed by atoms with Gasteiger partial charge in [0.05, 0.1) is 21.3 Å². The van der Waals surface area contributed by atoms with Gasteiger partial charge in [-0.25, -0.2) is 8.42 Å². The molecule has 34 heavy (non-hydrogen) atoms. The van der Waals surface area contributed by atoms with E-state index in [0.29, 0.717) is 5.56 Å². The second-order valence-corrected chi connectivity index (χ2v) is 9.67. The zero-order valence-electron chi connectivity index (χ0n) is 18.5. The van der Waals surface area contributed by atoms with Crippen molar-refractivity contribution in [3.63, 3.8) is 0 Å². The summed E-state index contributed by atoms with van der Waals surface area (Å²) in [6, 6.07) is 16.1. The molecule has 0 saturated heterocycles. The lowest BCUT2D eigenvalue weighted by Gasteiger charge is -2.18. The van der Waals surface area contributed by atoms with Crippen molar-refractivity contribution in [3.05, 3.63) is 82.9 Å².